The largest absolute Gasteiger partial charge is 0.494 e. The minimum atomic E-state index is 0.162. The van der Waals surface area contributed by atoms with Gasteiger partial charge in [-0.3, -0.25) is 4.79 Å². The van der Waals surface area contributed by atoms with Crippen LogP contribution in [-0.2, 0) is 11.2 Å². The summed E-state index contributed by atoms with van der Waals surface area (Å²) < 4.78 is 5.45. The van der Waals surface area contributed by atoms with Crippen molar-refractivity contribution in [1.29, 1.82) is 0 Å². The van der Waals surface area contributed by atoms with Gasteiger partial charge in [0.1, 0.15) is 10.8 Å². The molecular formula is C17H21N3O2S. The van der Waals surface area contributed by atoms with E-state index in [1.54, 1.807) is 11.3 Å². The fourth-order valence-corrected chi connectivity index (χ4v) is 3.39. The zero-order valence-electron chi connectivity index (χ0n) is 13.2. The van der Waals surface area contributed by atoms with Gasteiger partial charge in [0.15, 0.2) is 0 Å². The van der Waals surface area contributed by atoms with Crippen molar-refractivity contribution in [2.24, 2.45) is 0 Å². The van der Waals surface area contributed by atoms with Gasteiger partial charge in [-0.1, -0.05) is 0 Å². The smallest absolute Gasteiger partial charge is 0.228 e. The molecule has 1 saturated heterocycles. The lowest BCUT2D eigenvalue weighted by Crippen LogP contribution is -2.46. The summed E-state index contributed by atoms with van der Waals surface area (Å²) in [4.78, 5) is 18.8. The highest BCUT2D eigenvalue weighted by Crippen LogP contribution is 2.26. The van der Waals surface area contributed by atoms with Crippen LogP contribution in [0.2, 0.25) is 0 Å². The van der Waals surface area contributed by atoms with Crippen LogP contribution in [0.4, 0.5) is 0 Å². The van der Waals surface area contributed by atoms with Crippen LogP contribution in [0.15, 0.2) is 29.6 Å². The number of aromatic nitrogens is 1. The molecule has 0 spiro atoms. The van der Waals surface area contributed by atoms with E-state index >= 15 is 0 Å². The third-order valence-corrected chi connectivity index (χ3v) is 4.71. The average Bonchev–Trinajstić information content (AvgIpc) is 3.05. The molecule has 3 rings (SSSR count). The Bertz CT molecular complexity index is 648. The molecule has 1 aromatic carbocycles. The lowest BCUT2D eigenvalue weighted by Gasteiger charge is -2.27. The normalized spacial score (nSPS) is 14.7. The van der Waals surface area contributed by atoms with Crippen molar-refractivity contribution < 1.29 is 9.53 Å². The van der Waals surface area contributed by atoms with Crippen LogP contribution >= 0.6 is 11.3 Å². The molecule has 1 fully saturated rings. The Kier molecular flexibility index (Phi) is 5.25. The number of nitrogens with zero attached hydrogens (tertiary/aromatic N) is 2. The second-order valence-electron chi connectivity index (χ2n) is 5.41. The van der Waals surface area contributed by atoms with E-state index in [0.717, 1.165) is 48.2 Å². The van der Waals surface area contributed by atoms with Crippen molar-refractivity contribution in [2.75, 3.05) is 32.8 Å². The molecule has 0 saturated carbocycles. The summed E-state index contributed by atoms with van der Waals surface area (Å²) in [5.74, 6) is 1.02. The quantitative estimate of drug-likeness (QED) is 0.912. The number of nitrogens with one attached hydrogen (secondary N) is 1. The molecule has 1 aliphatic heterocycles. The maximum Gasteiger partial charge on any atom is 0.228 e. The summed E-state index contributed by atoms with van der Waals surface area (Å²) in [7, 11) is 0. The van der Waals surface area contributed by atoms with Gasteiger partial charge < -0.3 is 15.0 Å². The van der Waals surface area contributed by atoms with Crippen LogP contribution in [0.25, 0.3) is 10.6 Å². The van der Waals surface area contributed by atoms with E-state index in [4.69, 9.17) is 4.74 Å². The number of thiazole rings is 1. The molecule has 0 unspecified atom stereocenters. The van der Waals surface area contributed by atoms with Gasteiger partial charge in [0, 0.05) is 37.1 Å². The predicted molar refractivity (Wildman–Crippen MR) is 91.9 cm³/mol. The fraction of sp³-hybridized carbons (Fsp3) is 0.412. The van der Waals surface area contributed by atoms with Crippen LogP contribution in [-0.4, -0.2) is 48.6 Å². The van der Waals surface area contributed by atoms with Gasteiger partial charge in [0.25, 0.3) is 0 Å². The highest BCUT2D eigenvalue weighted by Gasteiger charge is 2.17. The van der Waals surface area contributed by atoms with Crippen molar-refractivity contribution in [3.05, 3.63) is 35.3 Å². The van der Waals surface area contributed by atoms with Crippen LogP contribution in [0, 0.1) is 0 Å². The summed E-state index contributed by atoms with van der Waals surface area (Å²) in [5, 5.41) is 6.17. The number of hydrogen-bond donors (Lipinski definition) is 1. The first kappa shape index (κ1) is 16.0. The van der Waals surface area contributed by atoms with E-state index < -0.39 is 0 Å². The first-order valence-corrected chi connectivity index (χ1v) is 8.80. The Hall–Kier alpha value is -1.92. The predicted octanol–water partition coefficient (Wildman–Crippen LogP) is 2.18. The van der Waals surface area contributed by atoms with Crippen LogP contribution in [0.5, 0.6) is 5.75 Å². The Morgan fingerprint density at radius 1 is 1.30 bits per heavy atom. The molecular weight excluding hydrogens is 310 g/mol. The zero-order chi connectivity index (χ0) is 16.1. The molecule has 0 atom stereocenters. The third-order valence-electron chi connectivity index (χ3n) is 3.77. The van der Waals surface area contributed by atoms with Crippen LogP contribution < -0.4 is 10.1 Å². The van der Waals surface area contributed by atoms with Crippen LogP contribution in [0.3, 0.4) is 0 Å². The zero-order valence-corrected chi connectivity index (χ0v) is 14.1. The van der Waals surface area contributed by atoms with Crippen molar-refractivity contribution >= 4 is 17.2 Å². The summed E-state index contributed by atoms with van der Waals surface area (Å²) in [5.41, 5.74) is 1.90. The van der Waals surface area contributed by atoms with Gasteiger partial charge in [0.05, 0.1) is 18.7 Å². The maximum atomic E-state index is 12.3. The Morgan fingerprint density at radius 2 is 2.04 bits per heavy atom. The van der Waals surface area contributed by atoms with Crippen LogP contribution in [0.1, 0.15) is 12.6 Å². The molecule has 6 heteroatoms. The van der Waals surface area contributed by atoms with Gasteiger partial charge >= 0.3 is 0 Å². The van der Waals surface area contributed by atoms with Crippen molar-refractivity contribution in [3.8, 4) is 16.3 Å². The number of amides is 1. The highest BCUT2D eigenvalue weighted by atomic mass is 32.1. The van der Waals surface area contributed by atoms with Gasteiger partial charge in [-0.25, -0.2) is 4.98 Å². The molecule has 0 bridgehead atoms. The van der Waals surface area contributed by atoms with Gasteiger partial charge in [-0.2, -0.15) is 0 Å². The van der Waals surface area contributed by atoms with Crippen molar-refractivity contribution in [3.63, 3.8) is 0 Å². The molecule has 0 radical (unpaired) electrons. The van der Waals surface area contributed by atoms with Gasteiger partial charge in [-0.15, -0.1) is 11.3 Å². The molecule has 1 N–H and O–H groups in total. The van der Waals surface area contributed by atoms with Gasteiger partial charge in [0.2, 0.25) is 5.91 Å². The highest BCUT2D eigenvalue weighted by molar-refractivity contribution is 7.13. The molecule has 2 aromatic rings. The number of carbonyl (C=O) groups excluding carboxylic acids is 1. The van der Waals surface area contributed by atoms with E-state index in [-0.39, 0.29) is 5.91 Å². The monoisotopic (exact) mass is 331 g/mol. The van der Waals surface area contributed by atoms with Gasteiger partial charge in [-0.05, 0) is 31.2 Å². The Labute approximate surface area is 140 Å². The first-order chi connectivity index (χ1) is 11.3. The molecule has 23 heavy (non-hydrogen) atoms. The maximum absolute atomic E-state index is 12.3. The molecule has 0 aliphatic carbocycles. The number of rotatable bonds is 5. The number of benzene rings is 1. The summed E-state index contributed by atoms with van der Waals surface area (Å²) in [6.45, 7) is 5.95. The minimum absolute atomic E-state index is 0.162. The average molecular weight is 331 g/mol. The number of ether oxygens (including phenoxy) is 1. The first-order valence-electron chi connectivity index (χ1n) is 7.92. The van der Waals surface area contributed by atoms with Crippen molar-refractivity contribution in [2.45, 2.75) is 13.3 Å². The van der Waals surface area contributed by atoms with E-state index in [2.05, 4.69) is 10.3 Å². The molecule has 1 amide bonds. The number of carbonyl (C=O) groups is 1. The number of piperazine rings is 1. The van der Waals surface area contributed by atoms with E-state index in [1.807, 2.05) is 41.5 Å². The van der Waals surface area contributed by atoms with E-state index in [0.29, 0.717) is 13.0 Å². The Balaban J connectivity index is 1.64. The van der Waals surface area contributed by atoms with Crippen molar-refractivity contribution in [1.82, 2.24) is 15.2 Å². The summed E-state index contributed by atoms with van der Waals surface area (Å²) >= 11 is 1.58. The fourth-order valence-electron chi connectivity index (χ4n) is 2.56. The topological polar surface area (TPSA) is 54.5 Å². The Morgan fingerprint density at radius 3 is 2.74 bits per heavy atom. The SMILES string of the molecule is CCOc1ccc(-c2nc(CC(=O)N3CCNCC3)cs2)cc1. The summed E-state index contributed by atoms with van der Waals surface area (Å²) in [6.07, 6.45) is 0.382. The molecule has 1 aliphatic rings. The lowest BCUT2D eigenvalue weighted by atomic mass is 10.2. The molecule has 122 valence electrons. The lowest BCUT2D eigenvalue weighted by molar-refractivity contribution is -0.131. The molecule has 1 aromatic heterocycles. The second kappa shape index (κ2) is 7.57. The van der Waals surface area contributed by atoms with E-state index in [1.165, 1.54) is 0 Å². The summed E-state index contributed by atoms with van der Waals surface area (Å²) in [6, 6.07) is 7.91. The van der Waals surface area contributed by atoms with E-state index in [9.17, 15) is 4.79 Å². The standard InChI is InChI=1S/C17H21N3O2S/c1-2-22-15-5-3-13(4-6-15)17-19-14(12-23-17)11-16(21)20-9-7-18-8-10-20/h3-6,12,18H,2,7-11H2,1H3. The minimum Gasteiger partial charge on any atom is -0.494 e. The second-order valence-corrected chi connectivity index (χ2v) is 6.27. The molecule has 5 nitrogen and oxygen atoms in total. The third kappa shape index (κ3) is 4.09. The molecule has 2 heterocycles. The number of hydrogen-bond acceptors (Lipinski definition) is 5.